The molecule has 0 nitrogen and oxygen atoms in total. The average molecular weight is 599 g/mol. The van der Waals surface area contributed by atoms with Crippen LogP contribution in [0.25, 0.3) is 32.3 Å². The van der Waals surface area contributed by atoms with E-state index >= 15 is 0 Å². The minimum absolute atomic E-state index is 0.693. The number of hydrogen-bond acceptors (Lipinski definition) is 0. The highest BCUT2D eigenvalue weighted by atomic mass is 31.1. The second-order valence-electron chi connectivity index (χ2n) is 11.6. The monoisotopic (exact) mass is 598 g/mol. The number of fused-ring (bicyclic) bond motifs is 2. The average Bonchev–Trinajstić information content (AvgIpc) is 3.87. The zero-order valence-electron chi connectivity index (χ0n) is 24.7. The third-order valence-corrected chi connectivity index (χ3v) is 14.3. The molecule has 8 rings (SSSR count). The molecule has 0 amide bonds. The predicted octanol–water partition coefficient (Wildman–Crippen LogP) is 11.4. The molecule has 0 bridgehead atoms. The van der Waals surface area contributed by atoms with Crippen LogP contribution in [0.3, 0.4) is 0 Å². The van der Waals surface area contributed by atoms with Crippen molar-refractivity contribution in [1.82, 2.24) is 0 Å². The molecule has 6 aromatic rings. The summed E-state index contributed by atoms with van der Waals surface area (Å²) in [7, 11) is -1.39. The van der Waals surface area contributed by atoms with Crippen molar-refractivity contribution in [2.45, 2.75) is 38.5 Å². The van der Waals surface area contributed by atoms with Gasteiger partial charge in [0.05, 0.1) is 10.6 Å². The largest absolute Gasteiger partial charge is 0.0684 e. The van der Waals surface area contributed by atoms with Crippen LogP contribution in [0.2, 0.25) is 0 Å². The maximum absolute atomic E-state index is 3.70. The van der Waals surface area contributed by atoms with E-state index in [1.807, 2.05) is 0 Å². The van der Waals surface area contributed by atoms with Crippen LogP contribution in [0.15, 0.2) is 121 Å². The molecule has 0 fully saturated rings. The standard InChI is InChI=1S/C42H32P2/c1-5-17-31(18-6-1)41-37-27-15-25-35(37)39(43(41)33-21-9-3-10-22-33)29-13-14-30-40-36-26-16-28-38(36)42(32-19-7-2-8-20-32)44(40)34-23-11-4-12-24-34/h1-12,17-24H,15-16,25-28H2. The summed E-state index contributed by atoms with van der Waals surface area (Å²) in [5.74, 6) is 14.2. The molecule has 2 unspecified atom stereocenters. The van der Waals surface area contributed by atoms with Gasteiger partial charge < -0.3 is 0 Å². The van der Waals surface area contributed by atoms with Gasteiger partial charge in [0.15, 0.2) is 0 Å². The molecular formula is C42H32P2. The Morgan fingerprint density at radius 1 is 0.386 bits per heavy atom. The zero-order chi connectivity index (χ0) is 29.3. The first kappa shape index (κ1) is 27.1. The molecule has 0 saturated heterocycles. The van der Waals surface area contributed by atoms with E-state index < -0.39 is 15.1 Å². The quantitative estimate of drug-likeness (QED) is 0.177. The summed E-state index contributed by atoms with van der Waals surface area (Å²) in [6, 6.07) is 44.1. The highest BCUT2D eigenvalue weighted by Gasteiger charge is 2.28. The Morgan fingerprint density at radius 3 is 1.11 bits per heavy atom. The van der Waals surface area contributed by atoms with Crippen LogP contribution in [0.5, 0.6) is 0 Å². The summed E-state index contributed by atoms with van der Waals surface area (Å²) in [5.41, 5.74) is 8.77. The number of benzene rings is 4. The van der Waals surface area contributed by atoms with Gasteiger partial charge in [-0.2, -0.15) is 0 Å². The zero-order valence-corrected chi connectivity index (χ0v) is 26.5. The van der Waals surface area contributed by atoms with Crippen molar-refractivity contribution in [3.05, 3.63) is 154 Å². The first-order valence-corrected chi connectivity index (χ1v) is 18.3. The van der Waals surface area contributed by atoms with Crippen molar-refractivity contribution < 1.29 is 0 Å². The summed E-state index contributed by atoms with van der Waals surface area (Å²) in [4.78, 5) is 0. The van der Waals surface area contributed by atoms with Crippen molar-refractivity contribution in [3.63, 3.8) is 0 Å². The van der Waals surface area contributed by atoms with E-state index in [1.165, 1.54) is 66.9 Å². The van der Waals surface area contributed by atoms with Crippen LogP contribution >= 0.6 is 15.1 Å². The molecule has 2 aliphatic rings. The predicted molar refractivity (Wildman–Crippen MR) is 190 cm³/mol. The third kappa shape index (κ3) is 4.77. The fourth-order valence-corrected chi connectivity index (χ4v) is 12.8. The second kappa shape index (κ2) is 11.9. The molecule has 2 heterocycles. The van der Waals surface area contributed by atoms with Crippen LogP contribution in [-0.2, 0) is 25.7 Å². The Morgan fingerprint density at radius 2 is 0.727 bits per heavy atom. The molecule has 44 heavy (non-hydrogen) atoms. The van der Waals surface area contributed by atoms with Gasteiger partial charge in [-0.25, -0.2) is 0 Å². The number of rotatable bonds is 4. The molecule has 0 spiro atoms. The fourth-order valence-electron chi connectivity index (χ4n) is 7.21. The van der Waals surface area contributed by atoms with E-state index in [4.69, 9.17) is 0 Å². The summed E-state index contributed by atoms with van der Waals surface area (Å²) in [6.07, 6.45) is 6.97. The highest BCUT2D eigenvalue weighted by Crippen LogP contribution is 2.59. The molecule has 0 aliphatic heterocycles. The normalized spacial score (nSPS) is 13.8. The van der Waals surface area contributed by atoms with Crippen molar-refractivity contribution >= 4 is 15.1 Å². The van der Waals surface area contributed by atoms with Crippen LogP contribution in [0.4, 0.5) is 0 Å². The van der Waals surface area contributed by atoms with Crippen LogP contribution in [0, 0.1) is 23.7 Å². The van der Waals surface area contributed by atoms with Gasteiger partial charge in [0, 0.05) is 10.6 Å². The van der Waals surface area contributed by atoms with Gasteiger partial charge >= 0.3 is 0 Å². The Bertz CT molecular complexity index is 1930. The summed E-state index contributed by atoms with van der Waals surface area (Å²) >= 11 is 0. The van der Waals surface area contributed by atoms with Crippen molar-refractivity contribution in [3.8, 4) is 56.0 Å². The Balaban J connectivity index is 1.30. The van der Waals surface area contributed by atoms with E-state index in [1.54, 1.807) is 11.1 Å². The van der Waals surface area contributed by atoms with E-state index in [-0.39, 0.29) is 0 Å². The summed E-state index contributed by atoms with van der Waals surface area (Å²) in [5, 5.41) is 8.44. The first-order chi connectivity index (χ1) is 21.9. The van der Waals surface area contributed by atoms with Crippen molar-refractivity contribution in [2.75, 3.05) is 0 Å². The Kier molecular flexibility index (Phi) is 7.35. The minimum atomic E-state index is -0.693. The summed E-state index contributed by atoms with van der Waals surface area (Å²) in [6.45, 7) is 0. The molecular weight excluding hydrogens is 566 g/mol. The van der Waals surface area contributed by atoms with Gasteiger partial charge in [-0.05, 0) is 106 Å². The Labute approximate surface area is 262 Å². The maximum atomic E-state index is 3.70. The molecule has 210 valence electrons. The van der Waals surface area contributed by atoms with Crippen LogP contribution in [-0.4, -0.2) is 0 Å². The SMILES string of the molecule is C(C#Cc1c2c(c(-c3ccccc3)p1-c1ccccc1)CCC2)#Cc1c2c(c(-c3ccccc3)p1-c1ccccc1)CCC2. The molecule has 2 atom stereocenters. The molecule has 4 aromatic carbocycles. The molecule has 2 aromatic heterocycles. The van der Waals surface area contributed by atoms with Gasteiger partial charge in [-0.3, -0.25) is 0 Å². The van der Waals surface area contributed by atoms with E-state index in [0.717, 1.165) is 25.7 Å². The Hall–Kier alpha value is -4.44. The number of hydrogen-bond donors (Lipinski definition) is 0. The molecule has 0 N–H and O–H groups in total. The highest BCUT2D eigenvalue weighted by molar-refractivity contribution is 7.62. The van der Waals surface area contributed by atoms with Gasteiger partial charge in [0.2, 0.25) is 0 Å². The van der Waals surface area contributed by atoms with Gasteiger partial charge in [-0.1, -0.05) is 136 Å². The van der Waals surface area contributed by atoms with E-state index in [9.17, 15) is 0 Å². The van der Waals surface area contributed by atoms with Crippen LogP contribution in [0.1, 0.15) is 45.7 Å². The van der Waals surface area contributed by atoms with Crippen molar-refractivity contribution in [2.24, 2.45) is 0 Å². The van der Waals surface area contributed by atoms with E-state index in [2.05, 4.69) is 145 Å². The molecule has 2 aliphatic carbocycles. The molecule has 0 saturated carbocycles. The lowest BCUT2D eigenvalue weighted by molar-refractivity contribution is 0.911. The van der Waals surface area contributed by atoms with Gasteiger partial charge in [-0.15, -0.1) is 0 Å². The fraction of sp³-hybridized carbons (Fsp3) is 0.143. The third-order valence-electron chi connectivity index (χ3n) is 9.02. The van der Waals surface area contributed by atoms with E-state index in [0.29, 0.717) is 0 Å². The lowest BCUT2D eigenvalue weighted by atomic mass is 10.1. The van der Waals surface area contributed by atoms with Crippen molar-refractivity contribution in [1.29, 1.82) is 0 Å². The van der Waals surface area contributed by atoms with Gasteiger partial charge in [0.1, 0.15) is 0 Å². The van der Waals surface area contributed by atoms with Gasteiger partial charge in [0.25, 0.3) is 0 Å². The summed E-state index contributed by atoms with van der Waals surface area (Å²) < 4.78 is 0. The smallest absolute Gasteiger partial charge is 0.0533 e. The lowest BCUT2D eigenvalue weighted by Crippen LogP contribution is -1.81. The molecule has 0 radical (unpaired) electrons. The second-order valence-corrected chi connectivity index (χ2v) is 15.8. The topological polar surface area (TPSA) is 0 Å². The first-order valence-electron chi connectivity index (χ1n) is 15.6. The van der Waals surface area contributed by atoms with Crippen LogP contribution < -0.4 is 0 Å². The minimum Gasteiger partial charge on any atom is -0.0684 e. The molecule has 2 heteroatoms. The maximum Gasteiger partial charge on any atom is 0.0533 e. The lowest BCUT2D eigenvalue weighted by Gasteiger charge is -2.10.